The van der Waals surface area contributed by atoms with E-state index < -0.39 is 0 Å². The summed E-state index contributed by atoms with van der Waals surface area (Å²) in [6.45, 7) is 4.29. The molecule has 0 unspecified atom stereocenters. The predicted molar refractivity (Wildman–Crippen MR) is 133 cm³/mol. The van der Waals surface area contributed by atoms with Crippen molar-refractivity contribution in [3.05, 3.63) is 65.2 Å². The van der Waals surface area contributed by atoms with E-state index in [1.54, 1.807) is 16.9 Å². The molecule has 0 aliphatic carbocycles. The Morgan fingerprint density at radius 3 is 2.54 bits per heavy atom. The van der Waals surface area contributed by atoms with Gasteiger partial charge in [0.1, 0.15) is 17.7 Å². The molecule has 0 spiro atoms. The van der Waals surface area contributed by atoms with Crippen LogP contribution in [-0.2, 0) is 18.4 Å². The lowest BCUT2D eigenvalue weighted by Gasteiger charge is -2.29. The van der Waals surface area contributed by atoms with Crippen molar-refractivity contribution in [2.45, 2.75) is 32.4 Å². The van der Waals surface area contributed by atoms with Gasteiger partial charge in [-0.05, 0) is 68.8 Å². The number of amides is 1. The SMILES string of the molecule is Cc1c(-c2cc3c(cc2F)CNN=C3C(=O)Nc2ccc(OC3CCN(C)CC3)cc2)cnn1C. The lowest BCUT2D eigenvalue weighted by molar-refractivity contribution is -0.110. The number of ether oxygens (including phenoxy) is 1. The molecule has 2 aromatic carbocycles. The number of anilines is 1. The largest absolute Gasteiger partial charge is 0.490 e. The predicted octanol–water partition coefficient (Wildman–Crippen LogP) is 3.45. The third-order valence-corrected chi connectivity index (χ3v) is 6.73. The summed E-state index contributed by atoms with van der Waals surface area (Å²) in [5.41, 5.74) is 6.87. The number of rotatable bonds is 5. The van der Waals surface area contributed by atoms with Crippen LogP contribution in [-0.4, -0.2) is 52.5 Å². The summed E-state index contributed by atoms with van der Waals surface area (Å²) < 4.78 is 22.7. The molecule has 35 heavy (non-hydrogen) atoms. The highest BCUT2D eigenvalue weighted by Gasteiger charge is 2.25. The summed E-state index contributed by atoms with van der Waals surface area (Å²) in [5.74, 6) is 0.0536. The smallest absolute Gasteiger partial charge is 0.276 e. The van der Waals surface area contributed by atoms with Crippen LogP contribution in [0, 0.1) is 12.7 Å². The summed E-state index contributed by atoms with van der Waals surface area (Å²) in [5, 5.41) is 11.4. The Kier molecular flexibility index (Phi) is 6.25. The van der Waals surface area contributed by atoms with Crippen molar-refractivity contribution in [1.82, 2.24) is 20.1 Å². The molecule has 0 saturated carbocycles. The Hall–Kier alpha value is -3.72. The van der Waals surface area contributed by atoms with E-state index in [9.17, 15) is 9.18 Å². The zero-order valence-corrected chi connectivity index (χ0v) is 20.1. The first-order valence-corrected chi connectivity index (χ1v) is 11.8. The molecule has 3 aromatic rings. The van der Waals surface area contributed by atoms with Crippen molar-refractivity contribution in [2.75, 3.05) is 25.5 Å². The van der Waals surface area contributed by atoms with E-state index in [0.717, 1.165) is 37.4 Å². The summed E-state index contributed by atoms with van der Waals surface area (Å²) in [6.07, 6.45) is 3.85. The minimum absolute atomic E-state index is 0.209. The van der Waals surface area contributed by atoms with Crippen molar-refractivity contribution in [3.63, 3.8) is 0 Å². The minimum atomic E-state index is -0.372. The molecular formula is C26H29FN6O2. The number of nitrogens with zero attached hydrogens (tertiary/aromatic N) is 4. The third kappa shape index (κ3) is 4.77. The van der Waals surface area contributed by atoms with Gasteiger partial charge in [-0.2, -0.15) is 10.2 Å². The van der Waals surface area contributed by atoms with Gasteiger partial charge in [-0.25, -0.2) is 4.39 Å². The van der Waals surface area contributed by atoms with E-state index in [4.69, 9.17) is 4.74 Å². The molecule has 1 fully saturated rings. The van der Waals surface area contributed by atoms with Gasteiger partial charge in [0.05, 0.1) is 12.7 Å². The van der Waals surface area contributed by atoms with E-state index in [1.807, 2.05) is 38.2 Å². The van der Waals surface area contributed by atoms with Crippen LogP contribution in [0.25, 0.3) is 11.1 Å². The summed E-state index contributed by atoms with van der Waals surface area (Å²) in [7, 11) is 3.93. The second kappa shape index (κ2) is 9.50. The van der Waals surface area contributed by atoms with Gasteiger partial charge < -0.3 is 20.4 Å². The Bertz CT molecular complexity index is 1280. The second-order valence-corrected chi connectivity index (χ2v) is 9.15. The van der Waals surface area contributed by atoms with Crippen LogP contribution in [0.3, 0.4) is 0 Å². The van der Waals surface area contributed by atoms with E-state index in [0.29, 0.717) is 34.5 Å². The summed E-state index contributed by atoms with van der Waals surface area (Å²) in [6, 6.07) is 10.5. The molecule has 0 radical (unpaired) electrons. The van der Waals surface area contributed by atoms with Gasteiger partial charge in [0.25, 0.3) is 5.91 Å². The molecule has 8 nitrogen and oxygen atoms in total. The van der Waals surface area contributed by atoms with Crippen LogP contribution in [0.4, 0.5) is 10.1 Å². The zero-order valence-electron chi connectivity index (χ0n) is 20.1. The lowest BCUT2D eigenvalue weighted by atomic mass is 9.95. The number of aryl methyl sites for hydroxylation is 1. The number of carbonyl (C=O) groups excluding carboxylic acids is 1. The fourth-order valence-corrected chi connectivity index (χ4v) is 4.49. The number of hydrogen-bond donors (Lipinski definition) is 2. The molecule has 182 valence electrons. The molecule has 1 aromatic heterocycles. The highest BCUT2D eigenvalue weighted by atomic mass is 19.1. The number of piperidine rings is 1. The molecule has 0 bridgehead atoms. The van der Waals surface area contributed by atoms with Crippen LogP contribution in [0.5, 0.6) is 5.75 Å². The van der Waals surface area contributed by atoms with Crippen molar-refractivity contribution in [1.29, 1.82) is 0 Å². The molecule has 2 N–H and O–H groups in total. The maximum absolute atomic E-state index is 14.9. The van der Waals surface area contributed by atoms with Crippen LogP contribution in [0.1, 0.15) is 29.7 Å². The Balaban J connectivity index is 1.32. The van der Waals surface area contributed by atoms with Gasteiger partial charge in [-0.15, -0.1) is 0 Å². The van der Waals surface area contributed by atoms with Gasteiger partial charge in [0.2, 0.25) is 0 Å². The fourth-order valence-electron chi connectivity index (χ4n) is 4.49. The number of aromatic nitrogens is 2. The van der Waals surface area contributed by atoms with Gasteiger partial charge in [0, 0.05) is 48.2 Å². The van der Waals surface area contributed by atoms with Crippen molar-refractivity contribution >= 4 is 17.3 Å². The first-order valence-electron chi connectivity index (χ1n) is 11.8. The number of benzene rings is 2. The van der Waals surface area contributed by atoms with Crippen molar-refractivity contribution in [2.24, 2.45) is 12.1 Å². The minimum Gasteiger partial charge on any atom is -0.490 e. The number of likely N-dealkylation sites (tertiary alicyclic amines) is 1. The average molecular weight is 477 g/mol. The average Bonchev–Trinajstić information content (AvgIpc) is 3.18. The number of nitrogens with one attached hydrogen (secondary N) is 2. The monoisotopic (exact) mass is 476 g/mol. The van der Waals surface area contributed by atoms with Crippen molar-refractivity contribution < 1.29 is 13.9 Å². The molecular weight excluding hydrogens is 447 g/mol. The molecule has 3 heterocycles. The zero-order chi connectivity index (χ0) is 24.5. The highest BCUT2D eigenvalue weighted by molar-refractivity contribution is 6.49. The van der Waals surface area contributed by atoms with Crippen LogP contribution >= 0.6 is 0 Å². The first kappa shape index (κ1) is 23.0. The Labute approximate surface area is 203 Å². The fraction of sp³-hybridized carbons (Fsp3) is 0.346. The number of fused-ring (bicyclic) bond motifs is 1. The molecule has 5 rings (SSSR count). The van der Waals surface area contributed by atoms with Crippen LogP contribution in [0.15, 0.2) is 47.7 Å². The molecule has 2 aliphatic rings. The number of halogens is 1. The van der Waals surface area contributed by atoms with Gasteiger partial charge in [-0.3, -0.25) is 9.48 Å². The van der Waals surface area contributed by atoms with Crippen LogP contribution < -0.4 is 15.5 Å². The second-order valence-electron chi connectivity index (χ2n) is 9.15. The molecule has 9 heteroatoms. The lowest BCUT2D eigenvalue weighted by Crippen LogP contribution is -2.35. The molecule has 0 atom stereocenters. The third-order valence-electron chi connectivity index (χ3n) is 6.73. The van der Waals surface area contributed by atoms with Gasteiger partial charge in [0.15, 0.2) is 5.71 Å². The maximum atomic E-state index is 14.9. The Morgan fingerprint density at radius 1 is 1.11 bits per heavy atom. The summed E-state index contributed by atoms with van der Waals surface area (Å²) >= 11 is 0. The quantitative estimate of drug-likeness (QED) is 0.589. The van der Waals surface area contributed by atoms with Gasteiger partial charge in [-0.1, -0.05) is 0 Å². The van der Waals surface area contributed by atoms with E-state index in [2.05, 4.69) is 32.9 Å². The van der Waals surface area contributed by atoms with E-state index in [-0.39, 0.29) is 23.5 Å². The number of carbonyl (C=O) groups is 1. The molecule has 1 saturated heterocycles. The maximum Gasteiger partial charge on any atom is 0.276 e. The first-order chi connectivity index (χ1) is 16.9. The topological polar surface area (TPSA) is 83.8 Å². The Morgan fingerprint density at radius 2 is 1.86 bits per heavy atom. The standard InChI is InChI=1S/C26H29FN6O2/c1-16-23(15-29-33(16)3)22-13-21-17(12-24(22)27)14-28-31-25(21)26(34)30-18-4-6-19(7-5-18)35-20-8-10-32(2)11-9-20/h4-7,12-13,15,20,28H,8-11,14H2,1-3H3,(H,30,34). The van der Waals surface area contributed by atoms with Gasteiger partial charge >= 0.3 is 0 Å². The van der Waals surface area contributed by atoms with Crippen molar-refractivity contribution in [3.8, 4) is 16.9 Å². The molecule has 1 amide bonds. The van der Waals surface area contributed by atoms with Crippen LogP contribution in [0.2, 0.25) is 0 Å². The normalized spacial score (nSPS) is 16.3. The van der Waals surface area contributed by atoms with E-state index >= 15 is 0 Å². The van der Waals surface area contributed by atoms with E-state index in [1.165, 1.54) is 6.07 Å². The molecule has 2 aliphatic heterocycles. The number of hydrazone groups is 1. The summed E-state index contributed by atoms with van der Waals surface area (Å²) in [4.78, 5) is 15.4. The highest BCUT2D eigenvalue weighted by Crippen LogP contribution is 2.30. The number of hydrogen-bond acceptors (Lipinski definition) is 6.